The molecule has 2 aromatic heterocycles. The van der Waals surface area contributed by atoms with E-state index in [2.05, 4.69) is 10.2 Å². The third-order valence-corrected chi connectivity index (χ3v) is 4.72. The smallest absolute Gasteiger partial charge is 0.343 e. The molecule has 8 heteroatoms. The molecule has 1 amide bonds. The second-order valence-electron chi connectivity index (χ2n) is 5.65. The fraction of sp³-hybridized carbons (Fsp3) is 0.278. The molecular weight excluding hydrogens is 352 g/mol. The molecule has 0 spiro atoms. The minimum Gasteiger partial charge on any atom is -0.467 e. The molecule has 0 aliphatic carbocycles. The summed E-state index contributed by atoms with van der Waals surface area (Å²) in [6.45, 7) is 2.90. The first-order valence-electron chi connectivity index (χ1n) is 8.35. The van der Waals surface area contributed by atoms with Crippen LogP contribution in [0.3, 0.4) is 0 Å². The van der Waals surface area contributed by atoms with E-state index in [1.807, 2.05) is 43.3 Å². The van der Waals surface area contributed by atoms with Crippen LogP contribution in [-0.2, 0) is 17.9 Å². The van der Waals surface area contributed by atoms with Crippen molar-refractivity contribution in [3.05, 3.63) is 65.0 Å². The highest BCUT2D eigenvalue weighted by molar-refractivity contribution is 7.99. The molecule has 3 aromatic rings. The molecule has 0 saturated carbocycles. The SMILES string of the molecule is CCCn1c(SCC(=O)N(Cc2ccco2)c2ccccc2)n[nH]c1=O. The number of carbonyl (C=O) groups excluding carboxylic acids is 1. The number of hydrogen-bond donors (Lipinski definition) is 1. The van der Waals surface area contributed by atoms with Gasteiger partial charge in [-0.15, -0.1) is 5.10 Å². The van der Waals surface area contributed by atoms with Gasteiger partial charge in [-0.2, -0.15) is 0 Å². The van der Waals surface area contributed by atoms with Crippen LogP contribution < -0.4 is 10.6 Å². The first-order valence-corrected chi connectivity index (χ1v) is 9.33. The Labute approximate surface area is 155 Å². The first kappa shape index (κ1) is 18.1. The van der Waals surface area contributed by atoms with Crippen molar-refractivity contribution in [1.82, 2.24) is 14.8 Å². The number of amides is 1. The Kier molecular flexibility index (Phi) is 5.96. The van der Waals surface area contributed by atoms with Crippen molar-refractivity contribution >= 4 is 23.4 Å². The lowest BCUT2D eigenvalue weighted by Gasteiger charge is -2.21. The lowest BCUT2D eigenvalue weighted by atomic mass is 10.2. The van der Waals surface area contributed by atoms with Crippen LogP contribution in [-0.4, -0.2) is 26.4 Å². The van der Waals surface area contributed by atoms with E-state index >= 15 is 0 Å². The molecule has 7 nitrogen and oxygen atoms in total. The van der Waals surface area contributed by atoms with Gasteiger partial charge in [-0.25, -0.2) is 9.89 Å². The number of benzene rings is 1. The quantitative estimate of drug-likeness (QED) is 0.615. The molecule has 0 aliphatic heterocycles. The van der Waals surface area contributed by atoms with Crippen molar-refractivity contribution in [2.45, 2.75) is 31.6 Å². The first-order chi connectivity index (χ1) is 12.7. The average Bonchev–Trinajstić information content (AvgIpc) is 3.29. The number of para-hydroxylation sites is 1. The second-order valence-corrected chi connectivity index (χ2v) is 6.59. The number of rotatable bonds is 8. The highest BCUT2D eigenvalue weighted by Crippen LogP contribution is 2.21. The highest BCUT2D eigenvalue weighted by atomic mass is 32.2. The summed E-state index contributed by atoms with van der Waals surface area (Å²) in [6.07, 6.45) is 2.40. The van der Waals surface area contributed by atoms with Crippen LogP contribution >= 0.6 is 11.8 Å². The summed E-state index contributed by atoms with van der Waals surface area (Å²) in [4.78, 5) is 26.3. The summed E-state index contributed by atoms with van der Waals surface area (Å²) in [5, 5.41) is 6.98. The lowest BCUT2D eigenvalue weighted by molar-refractivity contribution is -0.116. The van der Waals surface area contributed by atoms with E-state index in [0.29, 0.717) is 24.0 Å². The molecule has 0 aliphatic rings. The summed E-state index contributed by atoms with van der Waals surface area (Å²) in [5.41, 5.74) is 0.541. The van der Waals surface area contributed by atoms with Crippen LogP contribution in [0.4, 0.5) is 5.69 Å². The van der Waals surface area contributed by atoms with Crippen molar-refractivity contribution in [3.63, 3.8) is 0 Å². The molecular formula is C18H20N4O3S. The van der Waals surface area contributed by atoms with Gasteiger partial charge in [0.15, 0.2) is 5.16 Å². The monoisotopic (exact) mass is 372 g/mol. The van der Waals surface area contributed by atoms with E-state index in [1.54, 1.807) is 21.8 Å². The summed E-state index contributed by atoms with van der Waals surface area (Å²) in [6, 6.07) is 13.1. The Morgan fingerprint density at radius 1 is 1.27 bits per heavy atom. The Bertz CT molecular complexity index is 887. The van der Waals surface area contributed by atoms with Gasteiger partial charge in [0.1, 0.15) is 5.76 Å². The highest BCUT2D eigenvalue weighted by Gasteiger charge is 2.19. The van der Waals surface area contributed by atoms with Gasteiger partial charge in [-0.3, -0.25) is 9.36 Å². The largest absolute Gasteiger partial charge is 0.467 e. The molecule has 0 atom stereocenters. The van der Waals surface area contributed by atoms with Crippen molar-refractivity contribution in [3.8, 4) is 0 Å². The van der Waals surface area contributed by atoms with E-state index in [1.165, 1.54) is 11.8 Å². The third-order valence-electron chi connectivity index (χ3n) is 3.76. The number of hydrogen-bond acceptors (Lipinski definition) is 5. The Morgan fingerprint density at radius 2 is 2.08 bits per heavy atom. The maximum absolute atomic E-state index is 12.9. The van der Waals surface area contributed by atoms with Gasteiger partial charge >= 0.3 is 5.69 Å². The van der Waals surface area contributed by atoms with Crippen LogP contribution in [0.2, 0.25) is 0 Å². The zero-order valence-corrected chi connectivity index (χ0v) is 15.2. The lowest BCUT2D eigenvalue weighted by Crippen LogP contribution is -2.32. The number of nitrogens with zero attached hydrogens (tertiary/aromatic N) is 3. The molecule has 0 bridgehead atoms. The van der Waals surface area contributed by atoms with Gasteiger partial charge < -0.3 is 9.32 Å². The molecule has 1 aromatic carbocycles. The van der Waals surface area contributed by atoms with E-state index in [9.17, 15) is 9.59 Å². The minimum absolute atomic E-state index is 0.0869. The van der Waals surface area contributed by atoms with Gasteiger partial charge in [0, 0.05) is 12.2 Å². The van der Waals surface area contributed by atoms with Crippen LogP contribution in [0.25, 0.3) is 0 Å². The number of aromatic nitrogens is 3. The molecule has 0 radical (unpaired) electrons. The van der Waals surface area contributed by atoms with E-state index in [4.69, 9.17) is 4.42 Å². The van der Waals surface area contributed by atoms with E-state index in [-0.39, 0.29) is 17.3 Å². The number of thioether (sulfide) groups is 1. The molecule has 0 saturated heterocycles. The molecule has 0 unspecified atom stereocenters. The van der Waals surface area contributed by atoms with Gasteiger partial charge in [0.25, 0.3) is 0 Å². The Hall–Kier alpha value is -2.74. The normalized spacial score (nSPS) is 10.8. The average molecular weight is 372 g/mol. The molecule has 26 heavy (non-hydrogen) atoms. The number of H-pyrrole nitrogens is 1. The van der Waals surface area contributed by atoms with Crippen molar-refractivity contribution in [1.29, 1.82) is 0 Å². The molecule has 0 fully saturated rings. The zero-order valence-electron chi connectivity index (χ0n) is 14.4. The van der Waals surface area contributed by atoms with Gasteiger partial charge in [0.05, 0.1) is 18.6 Å². The fourth-order valence-electron chi connectivity index (χ4n) is 2.53. The number of nitrogens with one attached hydrogen (secondary N) is 1. The summed E-state index contributed by atoms with van der Waals surface area (Å²) < 4.78 is 6.94. The maximum atomic E-state index is 12.9. The van der Waals surface area contributed by atoms with Gasteiger partial charge in [0.2, 0.25) is 5.91 Å². The second kappa shape index (κ2) is 8.57. The maximum Gasteiger partial charge on any atom is 0.343 e. The standard InChI is InChI=1S/C18H20N4O3S/c1-2-10-21-17(24)19-20-18(21)26-13-16(23)22(12-15-9-6-11-25-15)14-7-4-3-5-8-14/h3-9,11H,2,10,12-13H2,1H3,(H,19,24). The van der Waals surface area contributed by atoms with E-state index < -0.39 is 0 Å². The fourth-order valence-corrected chi connectivity index (χ4v) is 3.38. The molecule has 1 N–H and O–H groups in total. The number of furan rings is 1. The predicted octanol–water partition coefficient (Wildman–Crippen LogP) is 2.90. The minimum atomic E-state index is -0.252. The topological polar surface area (TPSA) is 84.1 Å². The molecule has 136 valence electrons. The van der Waals surface area contributed by atoms with Crippen LogP contribution in [0.5, 0.6) is 0 Å². The van der Waals surface area contributed by atoms with Gasteiger partial charge in [-0.1, -0.05) is 36.9 Å². The third kappa shape index (κ3) is 4.26. The van der Waals surface area contributed by atoms with E-state index in [0.717, 1.165) is 12.1 Å². The zero-order chi connectivity index (χ0) is 18.4. The van der Waals surface area contributed by atoms with Crippen molar-refractivity contribution in [2.75, 3.05) is 10.7 Å². The predicted molar refractivity (Wildman–Crippen MR) is 100 cm³/mol. The van der Waals surface area contributed by atoms with Crippen LogP contribution in [0, 0.1) is 0 Å². The summed E-state index contributed by atoms with van der Waals surface area (Å²) in [5.74, 6) is 0.787. The number of carbonyl (C=O) groups is 1. The van der Waals surface area contributed by atoms with Crippen molar-refractivity contribution < 1.29 is 9.21 Å². The number of aromatic amines is 1. The Balaban J connectivity index is 1.74. The number of anilines is 1. The van der Waals surface area contributed by atoms with Crippen LogP contribution in [0.1, 0.15) is 19.1 Å². The Morgan fingerprint density at radius 3 is 2.77 bits per heavy atom. The van der Waals surface area contributed by atoms with Crippen LogP contribution in [0.15, 0.2) is 63.1 Å². The summed E-state index contributed by atoms with van der Waals surface area (Å²) >= 11 is 1.25. The van der Waals surface area contributed by atoms with Gasteiger partial charge in [-0.05, 0) is 30.7 Å². The van der Waals surface area contributed by atoms with Crippen molar-refractivity contribution in [2.24, 2.45) is 0 Å². The summed E-state index contributed by atoms with van der Waals surface area (Å²) in [7, 11) is 0. The molecule has 2 heterocycles. The molecule has 3 rings (SSSR count).